The Balaban J connectivity index is 1.46. The topological polar surface area (TPSA) is 138 Å². The molecule has 4 rings (SSSR count). The predicted octanol–water partition coefficient (Wildman–Crippen LogP) is 5.55. The van der Waals surface area contributed by atoms with Gasteiger partial charge < -0.3 is 29.8 Å². The minimum Gasteiger partial charge on any atom is -0.504 e. The van der Waals surface area contributed by atoms with Gasteiger partial charge in [0.15, 0.2) is 15.6 Å². The predicted molar refractivity (Wildman–Crippen MR) is 151 cm³/mol. The lowest BCUT2D eigenvalue weighted by atomic mass is 9.94. The number of fused-ring (bicyclic) bond motifs is 1. The fraction of sp³-hybridized carbons (Fsp3) is 0.538. The molecule has 1 fully saturated rings. The van der Waals surface area contributed by atoms with E-state index in [1.165, 1.54) is 17.0 Å². The first-order valence-corrected chi connectivity index (χ1v) is 18.8. The fourth-order valence-electron chi connectivity index (χ4n) is 4.92. The highest BCUT2D eigenvalue weighted by Gasteiger charge is 2.38. The molecule has 1 saturated heterocycles. The number of benzene rings is 1. The molecule has 0 spiro atoms. The molecule has 214 valence electrons. The molecule has 2 aliphatic rings. The van der Waals surface area contributed by atoms with Crippen molar-refractivity contribution in [2.45, 2.75) is 74.0 Å². The summed E-state index contributed by atoms with van der Waals surface area (Å²) in [6, 6.07) is 4.41. The van der Waals surface area contributed by atoms with Crippen LogP contribution in [0.2, 0.25) is 30.7 Å². The van der Waals surface area contributed by atoms with E-state index in [4.69, 9.17) is 20.8 Å². The number of nitrogens with one attached hydrogen (secondary N) is 2. The zero-order chi connectivity index (χ0) is 28.4. The third-order valence-electron chi connectivity index (χ3n) is 7.11. The number of sulfone groups is 1. The summed E-state index contributed by atoms with van der Waals surface area (Å²) in [5.74, 6) is 0.0516. The van der Waals surface area contributed by atoms with Gasteiger partial charge in [0.2, 0.25) is 0 Å². The number of likely N-dealkylation sites (tertiary alicyclic amines) is 1. The Hall–Kier alpha value is -2.70. The van der Waals surface area contributed by atoms with E-state index in [2.05, 4.69) is 30.3 Å². The van der Waals surface area contributed by atoms with Gasteiger partial charge in [-0.2, -0.15) is 0 Å². The highest BCUT2D eigenvalue weighted by Crippen LogP contribution is 2.40. The van der Waals surface area contributed by atoms with Crippen molar-refractivity contribution in [1.29, 1.82) is 0 Å². The monoisotopic (exact) mass is 597 g/mol. The van der Waals surface area contributed by atoms with Gasteiger partial charge in [-0.3, -0.25) is 0 Å². The Bertz CT molecular complexity index is 1330. The van der Waals surface area contributed by atoms with Crippen LogP contribution in [0.25, 0.3) is 0 Å². The van der Waals surface area contributed by atoms with Crippen molar-refractivity contribution in [3.63, 3.8) is 0 Å². The lowest BCUT2D eigenvalue weighted by molar-refractivity contribution is 0.1000. The van der Waals surface area contributed by atoms with Gasteiger partial charge in [-0.1, -0.05) is 31.2 Å². The second-order valence-corrected chi connectivity index (χ2v) is 19.5. The molecule has 3 amide bonds. The number of piperidine rings is 1. The van der Waals surface area contributed by atoms with Gasteiger partial charge >= 0.3 is 12.1 Å². The quantitative estimate of drug-likeness (QED) is 0.281. The molecule has 0 saturated carbocycles. The van der Waals surface area contributed by atoms with Gasteiger partial charge in [0, 0.05) is 21.2 Å². The van der Waals surface area contributed by atoms with E-state index in [0.29, 0.717) is 38.2 Å². The summed E-state index contributed by atoms with van der Waals surface area (Å²) in [7, 11) is -5.55. The van der Waals surface area contributed by atoms with Crippen LogP contribution in [0.1, 0.15) is 43.0 Å². The Morgan fingerprint density at radius 3 is 2.72 bits per heavy atom. The van der Waals surface area contributed by atoms with Crippen molar-refractivity contribution in [2.24, 2.45) is 0 Å². The lowest BCUT2D eigenvalue weighted by Gasteiger charge is -2.32. The Morgan fingerprint density at radius 1 is 1.21 bits per heavy atom. The molecule has 1 aromatic heterocycles. The first kappa shape index (κ1) is 29.3. The number of furan rings is 1. The number of carbonyl (C=O) groups excluding carboxylic acids is 2. The summed E-state index contributed by atoms with van der Waals surface area (Å²) in [6.07, 6.45) is 4.25. The largest absolute Gasteiger partial charge is 0.504 e. The van der Waals surface area contributed by atoms with E-state index in [1.807, 2.05) is 6.07 Å². The van der Waals surface area contributed by atoms with Crippen LogP contribution in [0.4, 0.5) is 15.3 Å². The summed E-state index contributed by atoms with van der Waals surface area (Å²) in [6.45, 7) is 7.15. The Kier molecular flexibility index (Phi) is 8.87. The first-order valence-electron chi connectivity index (χ1n) is 13.2. The average molecular weight is 598 g/mol. The molecule has 3 N–H and O–H groups in total. The Morgan fingerprint density at radius 2 is 1.97 bits per heavy atom. The highest BCUT2D eigenvalue weighted by molar-refractivity contribution is 7.92. The number of urea groups is 1. The molecular weight excluding hydrogens is 562 g/mol. The minimum atomic E-state index is -4.16. The van der Waals surface area contributed by atoms with Crippen LogP contribution in [0, 0.1) is 0 Å². The van der Waals surface area contributed by atoms with Crippen LogP contribution in [0.3, 0.4) is 0 Å². The molecule has 10 nitrogen and oxygen atoms in total. The summed E-state index contributed by atoms with van der Waals surface area (Å²) < 4.78 is 38.2. The number of amides is 3. The third kappa shape index (κ3) is 6.90. The number of anilines is 1. The second kappa shape index (κ2) is 11.8. The number of ether oxygens (including phenoxy) is 1. The highest BCUT2D eigenvalue weighted by atomic mass is 35.5. The summed E-state index contributed by atoms with van der Waals surface area (Å²) in [5.41, 5.74) is 0.945. The van der Waals surface area contributed by atoms with Crippen LogP contribution in [-0.4, -0.2) is 63.6 Å². The van der Waals surface area contributed by atoms with Crippen molar-refractivity contribution < 1.29 is 32.3 Å². The molecule has 1 unspecified atom stereocenters. The maximum atomic E-state index is 13.6. The van der Waals surface area contributed by atoms with Crippen molar-refractivity contribution in [3.05, 3.63) is 40.8 Å². The fourth-order valence-corrected chi connectivity index (χ4v) is 8.02. The number of phenolic OH excluding ortho intramolecular Hbond substituents is 1. The number of rotatable bonds is 7. The van der Waals surface area contributed by atoms with Gasteiger partial charge in [-0.05, 0) is 61.9 Å². The molecule has 1 aliphatic heterocycles. The van der Waals surface area contributed by atoms with E-state index in [-0.39, 0.29) is 23.3 Å². The Labute approximate surface area is 235 Å². The molecule has 39 heavy (non-hydrogen) atoms. The van der Waals surface area contributed by atoms with Gasteiger partial charge in [0.05, 0.1) is 34.9 Å². The number of nitrogens with zero attached hydrogens (tertiary/aromatic N) is 1. The molecule has 1 aromatic carbocycles. The van der Waals surface area contributed by atoms with Gasteiger partial charge in [0.25, 0.3) is 0 Å². The van der Waals surface area contributed by atoms with E-state index in [1.54, 1.807) is 6.26 Å². The number of carbonyl (C=O) groups is 2. The van der Waals surface area contributed by atoms with Crippen LogP contribution >= 0.6 is 11.6 Å². The van der Waals surface area contributed by atoms with E-state index in [9.17, 15) is 23.1 Å². The lowest BCUT2D eigenvalue weighted by Crippen LogP contribution is -2.45. The standard InChI is InChI=1S/C26H36ClN3O7SSi/c1-39(2,3)15-14-37-26(33)30-12-5-7-18(16-30)38(34,35)24-19(27)9-10-20(22(24)31)28-25(32)29-21-8-4-6-17-11-13-36-23(17)21/h9-11,13,18,21,31H,4-8,12,14-16H2,1-3H3,(H2,28,29,32)/t18-,21?/m0/s1. The zero-order valence-corrected chi connectivity index (χ0v) is 25.0. The molecule has 1 aliphatic carbocycles. The summed E-state index contributed by atoms with van der Waals surface area (Å²) in [4.78, 5) is 26.3. The maximum Gasteiger partial charge on any atom is 0.409 e. The first-order chi connectivity index (χ1) is 18.4. The molecular formula is C26H36ClN3O7SSi. The van der Waals surface area contributed by atoms with E-state index in [0.717, 1.165) is 24.4 Å². The number of aryl methyl sites for hydroxylation is 1. The van der Waals surface area contributed by atoms with Crippen molar-refractivity contribution in [1.82, 2.24) is 10.2 Å². The van der Waals surface area contributed by atoms with Crippen LogP contribution in [0.5, 0.6) is 5.75 Å². The van der Waals surface area contributed by atoms with Crippen LogP contribution in [0.15, 0.2) is 33.8 Å². The van der Waals surface area contributed by atoms with Gasteiger partial charge in [-0.25, -0.2) is 18.0 Å². The van der Waals surface area contributed by atoms with Crippen molar-refractivity contribution >= 4 is 47.3 Å². The number of hydrogen-bond acceptors (Lipinski definition) is 7. The SMILES string of the molecule is C[Si](C)(C)CCOC(=O)N1CCC[C@H](S(=O)(=O)c2c(Cl)ccc(NC(=O)NC3CCCc4ccoc43)c2O)C1. The smallest absolute Gasteiger partial charge is 0.409 e. The molecule has 2 atom stereocenters. The molecule has 0 bridgehead atoms. The van der Waals surface area contributed by atoms with Crippen LogP contribution < -0.4 is 10.6 Å². The second-order valence-electron chi connectivity index (χ2n) is 11.3. The number of halogens is 1. The number of hydrogen-bond donors (Lipinski definition) is 3. The molecule has 2 heterocycles. The maximum absolute atomic E-state index is 13.6. The van der Waals surface area contributed by atoms with Gasteiger partial charge in [-0.15, -0.1) is 0 Å². The minimum absolute atomic E-state index is 0.0742. The molecule has 0 radical (unpaired) electrons. The summed E-state index contributed by atoms with van der Waals surface area (Å²) >= 11 is 6.27. The normalized spacial score (nSPS) is 19.7. The number of phenols is 1. The number of aromatic hydroxyl groups is 1. The average Bonchev–Trinajstić information content (AvgIpc) is 3.35. The summed E-state index contributed by atoms with van der Waals surface area (Å²) in [5, 5.41) is 15.2. The molecule has 2 aromatic rings. The van der Waals surface area contributed by atoms with Crippen molar-refractivity contribution in [2.75, 3.05) is 25.0 Å². The van der Waals surface area contributed by atoms with E-state index >= 15 is 0 Å². The van der Waals surface area contributed by atoms with Crippen molar-refractivity contribution in [3.8, 4) is 5.75 Å². The van der Waals surface area contributed by atoms with Gasteiger partial charge in [0.1, 0.15) is 10.7 Å². The zero-order valence-electron chi connectivity index (χ0n) is 22.5. The van der Waals surface area contributed by atoms with E-state index < -0.39 is 45.9 Å². The van der Waals surface area contributed by atoms with Crippen LogP contribution in [-0.2, 0) is 21.0 Å². The molecule has 13 heteroatoms. The third-order valence-corrected chi connectivity index (χ3v) is 11.5.